The summed E-state index contributed by atoms with van der Waals surface area (Å²) in [5.41, 5.74) is 0. The van der Waals surface area contributed by atoms with Gasteiger partial charge in [0, 0.05) is 0 Å². The van der Waals surface area contributed by atoms with Crippen LogP contribution in [0.4, 0.5) is 0 Å². The van der Waals surface area contributed by atoms with E-state index in [-0.39, 0.29) is 0 Å². The molecule has 0 heterocycles. The Hall–Kier alpha value is -0.780. The van der Waals surface area contributed by atoms with Crippen molar-refractivity contribution in [2.45, 2.75) is 25.7 Å². The Morgan fingerprint density at radius 1 is 0.700 bits per heavy atom. The molecule has 0 heteroatoms. The van der Waals surface area contributed by atoms with E-state index in [1.165, 1.54) is 0 Å². The van der Waals surface area contributed by atoms with Gasteiger partial charge in [-0.2, -0.15) is 0 Å². The van der Waals surface area contributed by atoms with Crippen molar-refractivity contribution in [3.63, 3.8) is 0 Å². The monoisotopic (exact) mass is 136 g/mol. The van der Waals surface area contributed by atoms with Crippen LogP contribution in [-0.4, -0.2) is 0 Å². The average molecular weight is 136 g/mol. The molecule has 0 aromatic carbocycles. The zero-order valence-electron chi connectivity index (χ0n) is 6.55. The first kappa shape index (κ1) is 9.22. The van der Waals surface area contributed by atoms with Crippen LogP contribution >= 0.6 is 0 Å². The first-order valence-corrected chi connectivity index (χ1v) is 3.78. The lowest BCUT2D eigenvalue weighted by Gasteiger charge is -1.85. The normalized spacial score (nSPS) is 10.0. The highest BCUT2D eigenvalue weighted by Gasteiger charge is 1.75. The van der Waals surface area contributed by atoms with Crippen LogP contribution in [0.25, 0.3) is 0 Å². The van der Waals surface area contributed by atoms with Gasteiger partial charge in [0.05, 0.1) is 0 Å². The molecule has 0 aromatic rings. The second kappa shape index (κ2) is 8.22. The fourth-order valence-electron chi connectivity index (χ4n) is 0.664. The topological polar surface area (TPSA) is 0 Å². The maximum Gasteiger partial charge on any atom is -0.0316 e. The lowest BCUT2D eigenvalue weighted by Crippen LogP contribution is -1.65. The van der Waals surface area contributed by atoms with Crippen molar-refractivity contribution in [2.75, 3.05) is 0 Å². The van der Waals surface area contributed by atoms with Crippen molar-refractivity contribution in [3.8, 4) is 0 Å². The summed E-state index contributed by atoms with van der Waals surface area (Å²) in [6.07, 6.45) is 12.7. The van der Waals surface area contributed by atoms with Gasteiger partial charge in [0.25, 0.3) is 0 Å². The van der Waals surface area contributed by atoms with Crippen LogP contribution in [-0.2, 0) is 0 Å². The van der Waals surface area contributed by atoms with Gasteiger partial charge in [0.2, 0.25) is 0 Å². The number of hydrogen-bond acceptors (Lipinski definition) is 0. The van der Waals surface area contributed by atoms with Crippen LogP contribution in [0.2, 0.25) is 0 Å². The summed E-state index contributed by atoms with van der Waals surface area (Å²) in [5.74, 6) is 0. The van der Waals surface area contributed by atoms with Gasteiger partial charge in [-0.3, -0.25) is 0 Å². The van der Waals surface area contributed by atoms with E-state index < -0.39 is 0 Å². The van der Waals surface area contributed by atoms with Crippen LogP contribution in [0.1, 0.15) is 25.7 Å². The number of allylic oxidation sites excluding steroid dienone is 4. The fraction of sp³-hybridized carbons (Fsp3) is 0.400. The molecule has 0 aliphatic rings. The minimum atomic E-state index is 1.09. The van der Waals surface area contributed by atoms with E-state index in [0.717, 1.165) is 25.7 Å². The summed E-state index contributed by atoms with van der Waals surface area (Å²) in [5, 5.41) is 0. The van der Waals surface area contributed by atoms with E-state index in [0.29, 0.717) is 0 Å². The summed E-state index contributed by atoms with van der Waals surface area (Å²) in [7, 11) is 0. The van der Waals surface area contributed by atoms with Gasteiger partial charge in [-0.05, 0) is 25.7 Å². The SMILES string of the molecule is C=CCC/C=C/CCC=C. The molecule has 0 spiro atoms. The third-order valence-electron chi connectivity index (χ3n) is 1.24. The zero-order valence-corrected chi connectivity index (χ0v) is 6.55. The Morgan fingerprint density at radius 3 is 1.40 bits per heavy atom. The highest BCUT2D eigenvalue weighted by molar-refractivity contribution is 4.86. The number of unbranched alkanes of at least 4 members (excludes halogenated alkanes) is 2. The van der Waals surface area contributed by atoms with Crippen molar-refractivity contribution in [2.24, 2.45) is 0 Å². The van der Waals surface area contributed by atoms with E-state index in [1.807, 2.05) is 12.2 Å². The van der Waals surface area contributed by atoms with E-state index in [4.69, 9.17) is 0 Å². The Labute approximate surface area is 64.0 Å². The summed E-state index contributed by atoms with van der Waals surface area (Å²) >= 11 is 0. The Morgan fingerprint density at radius 2 is 1.10 bits per heavy atom. The molecule has 0 amide bonds. The Bertz CT molecular complexity index is 95.2. The van der Waals surface area contributed by atoms with Gasteiger partial charge in [0.1, 0.15) is 0 Å². The van der Waals surface area contributed by atoms with Gasteiger partial charge in [-0.1, -0.05) is 24.3 Å². The van der Waals surface area contributed by atoms with Crippen molar-refractivity contribution >= 4 is 0 Å². The Balaban J connectivity index is 3.03. The molecule has 0 nitrogen and oxygen atoms in total. The van der Waals surface area contributed by atoms with Crippen molar-refractivity contribution < 1.29 is 0 Å². The van der Waals surface area contributed by atoms with E-state index in [1.54, 1.807) is 0 Å². The molecule has 0 saturated carbocycles. The van der Waals surface area contributed by atoms with Gasteiger partial charge in [-0.25, -0.2) is 0 Å². The number of hydrogen-bond donors (Lipinski definition) is 0. The molecule has 0 aromatic heterocycles. The van der Waals surface area contributed by atoms with Crippen LogP contribution < -0.4 is 0 Å². The summed E-state index contributed by atoms with van der Waals surface area (Å²) in [6, 6.07) is 0. The molecule has 0 aliphatic carbocycles. The largest absolute Gasteiger partial charge is 0.103 e. The predicted octanol–water partition coefficient (Wildman–Crippen LogP) is 3.48. The molecule has 10 heavy (non-hydrogen) atoms. The number of rotatable bonds is 6. The van der Waals surface area contributed by atoms with E-state index in [2.05, 4.69) is 25.3 Å². The van der Waals surface area contributed by atoms with Crippen LogP contribution in [0.15, 0.2) is 37.5 Å². The molecule has 0 saturated heterocycles. The highest BCUT2D eigenvalue weighted by Crippen LogP contribution is 1.95. The molecule has 0 rings (SSSR count). The van der Waals surface area contributed by atoms with Gasteiger partial charge >= 0.3 is 0 Å². The lowest BCUT2D eigenvalue weighted by molar-refractivity contribution is 1.01. The third kappa shape index (κ3) is 7.22. The first-order valence-electron chi connectivity index (χ1n) is 3.78. The van der Waals surface area contributed by atoms with Crippen LogP contribution in [0, 0.1) is 0 Å². The zero-order chi connectivity index (χ0) is 7.66. The average Bonchev–Trinajstić information content (AvgIpc) is 1.97. The van der Waals surface area contributed by atoms with Crippen LogP contribution in [0.3, 0.4) is 0 Å². The molecule has 0 radical (unpaired) electrons. The summed E-state index contributed by atoms with van der Waals surface area (Å²) in [6.45, 7) is 7.29. The lowest BCUT2D eigenvalue weighted by atomic mass is 10.2. The molecule has 0 aliphatic heterocycles. The van der Waals surface area contributed by atoms with Gasteiger partial charge in [-0.15, -0.1) is 13.2 Å². The molecular weight excluding hydrogens is 120 g/mol. The van der Waals surface area contributed by atoms with Crippen molar-refractivity contribution in [3.05, 3.63) is 37.5 Å². The van der Waals surface area contributed by atoms with Gasteiger partial charge in [0.15, 0.2) is 0 Å². The molecule has 56 valence electrons. The Kier molecular flexibility index (Phi) is 7.58. The first-order chi connectivity index (χ1) is 4.91. The molecule has 0 bridgehead atoms. The van der Waals surface area contributed by atoms with Crippen molar-refractivity contribution in [1.29, 1.82) is 0 Å². The second-order valence-electron chi connectivity index (χ2n) is 2.20. The fourth-order valence-corrected chi connectivity index (χ4v) is 0.664. The van der Waals surface area contributed by atoms with E-state index in [9.17, 15) is 0 Å². The smallest absolute Gasteiger partial charge is 0.0316 e. The maximum atomic E-state index is 3.64. The molecule has 0 atom stereocenters. The highest BCUT2D eigenvalue weighted by atomic mass is 13.8. The predicted molar refractivity (Wildman–Crippen MR) is 48.0 cm³/mol. The summed E-state index contributed by atoms with van der Waals surface area (Å²) in [4.78, 5) is 0. The minimum absolute atomic E-state index is 1.09. The second-order valence-corrected chi connectivity index (χ2v) is 2.20. The third-order valence-corrected chi connectivity index (χ3v) is 1.24. The quantitative estimate of drug-likeness (QED) is 0.387. The van der Waals surface area contributed by atoms with Crippen molar-refractivity contribution in [1.82, 2.24) is 0 Å². The molecule has 0 fully saturated rings. The minimum Gasteiger partial charge on any atom is -0.103 e. The summed E-state index contributed by atoms with van der Waals surface area (Å²) < 4.78 is 0. The molecule has 0 N–H and O–H groups in total. The standard InChI is InChI=1S/C10H16/c1-3-5-7-9-10-8-6-4-2/h3-4,9-10H,1-2,5-8H2/b10-9+. The van der Waals surface area contributed by atoms with E-state index >= 15 is 0 Å². The maximum absolute atomic E-state index is 3.64. The van der Waals surface area contributed by atoms with Crippen LogP contribution in [0.5, 0.6) is 0 Å². The van der Waals surface area contributed by atoms with Gasteiger partial charge < -0.3 is 0 Å². The molecule has 0 unspecified atom stereocenters. The molecular formula is C10H16.